The second-order valence-electron chi connectivity index (χ2n) is 11.5. The molecule has 42 heavy (non-hydrogen) atoms. The van der Waals surface area contributed by atoms with Gasteiger partial charge in [0, 0.05) is 17.3 Å². The largest absolute Gasteiger partial charge is 0.444 e. The van der Waals surface area contributed by atoms with Crippen LogP contribution < -0.4 is 10.6 Å². The molecule has 1 fully saturated rings. The van der Waals surface area contributed by atoms with Crippen LogP contribution in [0.15, 0.2) is 66.7 Å². The third kappa shape index (κ3) is 7.86. The van der Waals surface area contributed by atoms with Crippen LogP contribution >= 0.6 is 11.8 Å². The molecule has 0 spiro atoms. The minimum atomic E-state index is -0.932. The molecule has 3 aromatic carbocycles. The lowest BCUT2D eigenvalue weighted by Gasteiger charge is -2.43. The summed E-state index contributed by atoms with van der Waals surface area (Å²) in [6.45, 7) is 5.33. The first kappa shape index (κ1) is 31.0. The van der Waals surface area contributed by atoms with Gasteiger partial charge in [0.05, 0.1) is 0 Å². The van der Waals surface area contributed by atoms with E-state index in [0.29, 0.717) is 29.0 Å². The van der Waals surface area contributed by atoms with Gasteiger partial charge in [-0.15, -0.1) is 6.42 Å². The van der Waals surface area contributed by atoms with Crippen LogP contribution in [0, 0.1) is 12.3 Å². The Morgan fingerprint density at radius 1 is 1.05 bits per heavy atom. The van der Waals surface area contributed by atoms with E-state index >= 15 is 0 Å². The second-order valence-corrected chi connectivity index (χ2v) is 12.5. The Labute approximate surface area is 252 Å². The first-order chi connectivity index (χ1) is 20.1. The van der Waals surface area contributed by atoms with Crippen molar-refractivity contribution in [3.05, 3.63) is 77.9 Å². The SMILES string of the molecule is C#Cc1ccc(C(C(=O)Nc2ccc3ccccc3c2)N(C(=O)C(CCSC)NC(=O)OC(C)(C)C)C2CCC2)cc1. The maximum atomic E-state index is 14.4. The average molecular weight is 586 g/mol. The lowest BCUT2D eigenvalue weighted by Crippen LogP contribution is -2.57. The number of alkyl carbamates (subject to hydrolysis) is 1. The van der Waals surface area contributed by atoms with E-state index in [1.807, 2.05) is 48.7 Å². The molecule has 7 nitrogen and oxygen atoms in total. The van der Waals surface area contributed by atoms with E-state index in [9.17, 15) is 14.4 Å². The normalized spacial score (nSPS) is 14.6. The molecule has 1 aliphatic rings. The molecule has 0 radical (unpaired) electrons. The van der Waals surface area contributed by atoms with Gasteiger partial charge in [0.15, 0.2) is 0 Å². The van der Waals surface area contributed by atoms with Crippen LogP contribution in [0.2, 0.25) is 0 Å². The van der Waals surface area contributed by atoms with Crippen molar-refractivity contribution < 1.29 is 19.1 Å². The Balaban J connectivity index is 1.71. The van der Waals surface area contributed by atoms with Crippen LogP contribution in [-0.2, 0) is 14.3 Å². The number of anilines is 1. The summed E-state index contributed by atoms with van der Waals surface area (Å²) in [5, 5.41) is 7.92. The molecule has 3 amide bonds. The van der Waals surface area contributed by atoms with E-state index in [1.54, 1.807) is 61.7 Å². The highest BCUT2D eigenvalue weighted by Gasteiger charge is 2.42. The third-order valence-corrected chi connectivity index (χ3v) is 7.90. The van der Waals surface area contributed by atoms with Crippen molar-refractivity contribution in [2.24, 2.45) is 0 Å². The van der Waals surface area contributed by atoms with E-state index in [4.69, 9.17) is 11.2 Å². The molecule has 1 saturated carbocycles. The first-order valence-electron chi connectivity index (χ1n) is 14.3. The minimum absolute atomic E-state index is 0.144. The highest BCUT2D eigenvalue weighted by atomic mass is 32.2. The Kier molecular flexibility index (Phi) is 10.2. The topological polar surface area (TPSA) is 87.7 Å². The number of rotatable bonds is 10. The van der Waals surface area contributed by atoms with Gasteiger partial charge in [-0.3, -0.25) is 9.59 Å². The Hall–Kier alpha value is -3.96. The fourth-order valence-corrected chi connectivity index (χ4v) is 5.45. The molecule has 0 heterocycles. The number of carbonyl (C=O) groups is 3. The predicted molar refractivity (Wildman–Crippen MR) is 170 cm³/mol. The van der Waals surface area contributed by atoms with Crippen LogP contribution in [0.3, 0.4) is 0 Å². The summed E-state index contributed by atoms with van der Waals surface area (Å²) in [6.07, 6.45) is 9.79. The van der Waals surface area contributed by atoms with Crippen molar-refractivity contribution in [2.45, 2.75) is 70.2 Å². The quantitative estimate of drug-likeness (QED) is 0.264. The summed E-state index contributed by atoms with van der Waals surface area (Å²) in [7, 11) is 0. The molecule has 3 aromatic rings. The maximum Gasteiger partial charge on any atom is 0.408 e. The van der Waals surface area contributed by atoms with Gasteiger partial charge in [0.2, 0.25) is 5.91 Å². The monoisotopic (exact) mass is 585 g/mol. The summed E-state index contributed by atoms with van der Waals surface area (Å²) in [5.74, 6) is 2.62. The van der Waals surface area contributed by atoms with Crippen molar-refractivity contribution >= 4 is 46.1 Å². The summed E-state index contributed by atoms with van der Waals surface area (Å²) < 4.78 is 5.49. The molecule has 4 rings (SSSR count). The average Bonchev–Trinajstić information content (AvgIpc) is 2.93. The number of fused-ring (bicyclic) bond motifs is 1. The fourth-order valence-electron chi connectivity index (χ4n) is 4.98. The number of nitrogens with one attached hydrogen (secondary N) is 2. The predicted octanol–water partition coefficient (Wildman–Crippen LogP) is 6.53. The molecule has 0 aliphatic heterocycles. The Bertz CT molecular complexity index is 1450. The molecule has 2 unspecified atom stereocenters. The zero-order chi connectivity index (χ0) is 30.3. The number of hydrogen-bond acceptors (Lipinski definition) is 5. The lowest BCUT2D eigenvalue weighted by atomic mass is 9.87. The molecular formula is C34H39N3O4S. The standard InChI is InChI=1S/C34H39N3O4S/c1-6-23-14-16-25(17-15-23)30(31(38)35-27-19-18-24-10-7-8-11-26(24)22-27)37(28-12-9-13-28)32(39)29(20-21-42-5)36-33(40)41-34(2,3)4/h1,7-8,10-11,14-19,22,28-30H,9,12-13,20-21H2,2-5H3,(H,35,38)(H,36,40). The number of nitrogens with zero attached hydrogens (tertiary/aromatic N) is 1. The van der Waals surface area contributed by atoms with E-state index in [-0.39, 0.29) is 17.9 Å². The van der Waals surface area contributed by atoms with Crippen molar-refractivity contribution in [2.75, 3.05) is 17.3 Å². The first-order valence-corrected chi connectivity index (χ1v) is 15.7. The van der Waals surface area contributed by atoms with Gasteiger partial charge < -0.3 is 20.3 Å². The van der Waals surface area contributed by atoms with Crippen molar-refractivity contribution in [1.82, 2.24) is 10.2 Å². The van der Waals surface area contributed by atoms with Crippen LogP contribution in [0.1, 0.15) is 63.6 Å². The number of ether oxygens (including phenoxy) is 1. The number of benzene rings is 3. The summed E-state index contributed by atoms with van der Waals surface area (Å²) >= 11 is 1.58. The van der Waals surface area contributed by atoms with Gasteiger partial charge in [-0.2, -0.15) is 11.8 Å². The maximum absolute atomic E-state index is 14.4. The highest BCUT2D eigenvalue weighted by Crippen LogP contribution is 2.35. The summed E-state index contributed by atoms with van der Waals surface area (Å²) in [5.41, 5.74) is 1.24. The van der Waals surface area contributed by atoms with Crippen LogP contribution in [-0.4, -0.2) is 52.5 Å². The number of amides is 3. The Morgan fingerprint density at radius 2 is 1.74 bits per heavy atom. The fraction of sp³-hybridized carbons (Fsp3) is 0.382. The van der Waals surface area contributed by atoms with Crippen molar-refractivity contribution in [3.8, 4) is 12.3 Å². The third-order valence-electron chi connectivity index (χ3n) is 7.26. The highest BCUT2D eigenvalue weighted by molar-refractivity contribution is 7.98. The van der Waals surface area contributed by atoms with Crippen LogP contribution in [0.5, 0.6) is 0 Å². The van der Waals surface area contributed by atoms with Gasteiger partial charge in [-0.05, 0) is 99.1 Å². The second kappa shape index (κ2) is 13.8. The minimum Gasteiger partial charge on any atom is -0.444 e. The molecule has 220 valence electrons. The number of terminal acetylenes is 1. The van der Waals surface area contributed by atoms with Gasteiger partial charge >= 0.3 is 6.09 Å². The zero-order valence-corrected chi connectivity index (χ0v) is 25.5. The van der Waals surface area contributed by atoms with Gasteiger partial charge in [-0.25, -0.2) is 4.79 Å². The number of thioether (sulfide) groups is 1. The number of carbonyl (C=O) groups excluding carboxylic acids is 3. The van der Waals surface area contributed by atoms with Crippen LogP contribution in [0.4, 0.5) is 10.5 Å². The van der Waals surface area contributed by atoms with Gasteiger partial charge in [0.25, 0.3) is 5.91 Å². The molecule has 1 aliphatic carbocycles. The molecule has 2 atom stereocenters. The molecule has 0 saturated heterocycles. The number of hydrogen-bond donors (Lipinski definition) is 2. The summed E-state index contributed by atoms with van der Waals surface area (Å²) in [6, 6.07) is 18.9. The molecule has 0 aromatic heterocycles. The van der Waals surface area contributed by atoms with E-state index in [0.717, 1.165) is 30.0 Å². The molecular weight excluding hydrogens is 546 g/mol. The molecule has 2 N–H and O–H groups in total. The van der Waals surface area contributed by atoms with Crippen LogP contribution in [0.25, 0.3) is 10.8 Å². The van der Waals surface area contributed by atoms with Gasteiger partial charge in [-0.1, -0.05) is 48.4 Å². The van der Waals surface area contributed by atoms with Gasteiger partial charge in [0.1, 0.15) is 17.7 Å². The lowest BCUT2D eigenvalue weighted by molar-refractivity contribution is -0.145. The smallest absolute Gasteiger partial charge is 0.408 e. The van der Waals surface area contributed by atoms with Crippen molar-refractivity contribution in [3.63, 3.8) is 0 Å². The zero-order valence-electron chi connectivity index (χ0n) is 24.7. The van der Waals surface area contributed by atoms with E-state index in [2.05, 4.69) is 16.6 Å². The Morgan fingerprint density at radius 3 is 2.33 bits per heavy atom. The molecule has 0 bridgehead atoms. The molecule has 8 heteroatoms. The summed E-state index contributed by atoms with van der Waals surface area (Å²) in [4.78, 5) is 43.0. The van der Waals surface area contributed by atoms with E-state index in [1.165, 1.54) is 0 Å². The van der Waals surface area contributed by atoms with E-state index < -0.39 is 23.8 Å². The van der Waals surface area contributed by atoms with Crippen molar-refractivity contribution in [1.29, 1.82) is 0 Å².